The molecule has 0 N–H and O–H groups in total. The molecular formula is C25H23F3O. The largest absolute Gasteiger partial charge is 0.491 e. The van der Waals surface area contributed by atoms with Crippen LogP contribution < -0.4 is 4.74 Å². The Morgan fingerprint density at radius 2 is 1.55 bits per heavy atom. The lowest BCUT2D eigenvalue weighted by Crippen LogP contribution is -1.98. The Labute approximate surface area is 169 Å². The molecule has 1 nitrogen and oxygen atoms in total. The van der Waals surface area contributed by atoms with Gasteiger partial charge in [-0.1, -0.05) is 68.0 Å². The SMILES string of the molecule is CCCCOc1ccc(-c2ccc(/C=C/c3ccc(C)c(F)c3F)cc2)cc1F. The van der Waals surface area contributed by atoms with E-state index in [4.69, 9.17) is 4.74 Å². The van der Waals surface area contributed by atoms with Crippen LogP contribution in [0.3, 0.4) is 0 Å². The number of unbranched alkanes of at least 4 members (excludes halogenated alkanes) is 1. The Morgan fingerprint density at radius 1 is 0.828 bits per heavy atom. The van der Waals surface area contributed by atoms with Crippen LogP contribution in [0.2, 0.25) is 0 Å². The van der Waals surface area contributed by atoms with Gasteiger partial charge in [-0.15, -0.1) is 0 Å². The van der Waals surface area contributed by atoms with Crippen molar-refractivity contribution in [1.82, 2.24) is 0 Å². The minimum atomic E-state index is -0.852. The van der Waals surface area contributed by atoms with E-state index in [1.54, 1.807) is 24.3 Å². The number of aryl methyl sites for hydroxylation is 1. The van der Waals surface area contributed by atoms with Gasteiger partial charge < -0.3 is 4.74 Å². The lowest BCUT2D eigenvalue weighted by Gasteiger charge is -2.09. The monoisotopic (exact) mass is 396 g/mol. The van der Waals surface area contributed by atoms with Gasteiger partial charge in [-0.2, -0.15) is 0 Å². The lowest BCUT2D eigenvalue weighted by atomic mass is 10.0. The Morgan fingerprint density at radius 3 is 2.24 bits per heavy atom. The van der Waals surface area contributed by atoms with E-state index < -0.39 is 11.6 Å². The predicted molar refractivity (Wildman–Crippen MR) is 112 cm³/mol. The van der Waals surface area contributed by atoms with Crippen LogP contribution in [0.15, 0.2) is 54.6 Å². The normalized spacial score (nSPS) is 11.2. The number of benzene rings is 3. The molecule has 0 heterocycles. The van der Waals surface area contributed by atoms with Crippen molar-refractivity contribution in [2.45, 2.75) is 26.7 Å². The minimum Gasteiger partial charge on any atom is -0.491 e. The molecule has 150 valence electrons. The quantitative estimate of drug-likeness (QED) is 0.298. The van der Waals surface area contributed by atoms with E-state index >= 15 is 0 Å². The molecule has 0 atom stereocenters. The summed E-state index contributed by atoms with van der Waals surface area (Å²) in [5.41, 5.74) is 2.89. The molecule has 4 heteroatoms. The maximum absolute atomic E-state index is 14.2. The molecule has 0 spiro atoms. The van der Waals surface area contributed by atoms with Gasteiger partial charge in [0.1, 0.15) is 0 Å². The van der Waals surface area contributed by atoms with Crippen LogP contribution in [0.25, 0.3) is 23.3 Å². The van der Waals surface area contributed by atoms with Gasteiger partial charge >= 0.3 is 0 Å². The predicted octanol–water partition coefficient (Wildman–Crippen LogP) is 7.43. The summed E-state index contributed by atoms with van der Waals surface area (Å²) in [5.74, 6) is -1.81. The maximum atomic E-state index is 14.2. The van der Waals surface area contributed by atoms with Gasteiger partial charge in [0.05, 0.1) is 6.61 Å². The Balaban J connectivity index is 1.73. The Hall–Kier alpha value is -3.01. The summed E-state index contributed by atoms with van der Waals surface area (Å²) in [7, 11) is 0. The molecule has 0 radical (unpaired) electrons. The Bertz CT molecular complexity index is 1010. The van der Waals surface area contributed by atoms with Crippen LogP contribution in [0, 0.1) is 24.4 Å². The zero-order valence-corrected chi connectivity index (χ0v) is 16.5. The topological polar surface area (TPSA) is 9.23 Å². The van der Waals surface area contributed by atoms with E-state index in [2.05, 4.69) is 6.92 Å². The van der Waals surface area contributed by atoms with Gasteiger partial charge in [-0.25, -0.2) is 13.2 Å². The van der Waals surface area contributed by atoms with Crippen molar-refractivity contribution in [3.05, 3.63) is 88.7 Å². The number of rotatable bonds is 7. The van der Waals surface area contributed by atoms with E-state index in [9.17, 15) is 13.2 Å². The van der Waals surface area contributed by atoms with E-state index in [0.717, 1.165) is 29.5 Å². The molecule has 0 saturated carbocycles. The van der Waals surface area contributed by atoms with Crippen molar-refractivity contribution in [3.63, 3.8) is 0 Å². The summed E-state index contributed by atoms with van der Waals surface area (Å²) in [6, 6.07) is 15.4. The van der Waals surface area contributed by atoms with Crippen molar-refractivity contribution in [3.8, 4) is 16.9 Å². The summed E-state index contributed by atoms with van der Waals surface area (Å²) >= 11 is 0. The highest BCUT2D eigenvalue weighted by Gasteiger charge is 2.09. The lowest BCUT2D eigenvalue weighted by molar-refractivity contribution is 0.294. The van der Waals surface area contributed by atoms with Crippen LogP contribution in [-0.4, -0.2) is 6.61 Å². The van der Waals surface area contributed by atoms with Crippen molar-refractivity contribution in [1.29, 1.82) is 0 Å². The van der Waals surface area contributed by atoms with Gasteiger partial charge in [0, 0.05) is 5.56 Å². The minimum absolute atomic E-state index is 0.193. The highest BCUT2D eigenvalue weighted by Crippen LogP contribution is 2.26. The first-order valence-electron chi connectivity index (χ1n) is 9.65. The van der Waals surface area contributed by atoms with Crippen LogP contribution >= 0.6 is 0 Å². The summed E-state index contributed by atoms with van der Waals surface area (Å²) in [5, 5.41) is 0. The number of hydrogen-bond acceptors (Lipinski definition) is 1. The summed E-state index contributed by atoms with van der Waals surface area (Å²) in [6.45, 7) is 4.08. The molecule has 0 fully saturated rings. The molecule has 0 amide bonds. The zero-order valence-electron chi connectivity index (χ0n) is 16.5. The number of ether oxygens (including phenoxy) is 1. The second kappa shape index (κ2) is 9.46. The third kappa shape index (κ3) is 5.08. The molecule has 0 saturated heterocycles. The van der Waals surface area contributed by atoms with Crippen molar-refractivity contribution < 1.29 is 17.9 Å². The first kappa shape index (κ1) is 20.7. The zero-order chi connectivity index (χ0) is 20.8. The van der Waals surface area contributed by atoms with Crippen molar-refractivity contribution in [2.24, 2.45) is 0 Å². The third-order valence-corrected chi connectivity index (χ3v) is 4.69. The number of halogens is 3. The molecule has 3 aromatic rings. The van der Waals surface area contributed by atoms with E-state index in [-0.39, 0.29) is 22.7 Å². The number of hydrogen-bond donors (Lipinski definition) is 0. The fourth-order valence-electron chi connectivity index (χ4n) is 2.89. The first-order chi connectivity index (χ1) is 14.0. The highest BCUT2D eigenvalue weighted by molar-refractivity contribution is 5.72. The van der Waals surface area contributed by atoms with E-state index in [1.165, 1.54) is 19.1 Å². The highest BCUT2D eigenvalue weighted by atomic mass is 19.2. The second-order valence-corrected chi connectivity index (χ2v) is 6.90. The fraction of sp³-hybridized carbons (Fsp3) is 0.200. The van der Waals surface area contributed by atoms with Gasteiger partial charge in [-0.3, -0.25) is 0 Å². The molecule has 0 aliphatic heterocycles. The molecular weight excluding hydrogens is 373 g/mol. The molecule has 3 aromatic carbocycles. The maximum Gasteiger partial charge on any atom is 0.166 e. The third-order valence-electron chi connectivity index (χ3n) is 4.69. The summed E-state index contributed by atoms with van der Waals surface area (Å²) < 4.78 is 47.3. The molecule has 0 aliphatic rings. The average Bonchev–Trinajstić information content (AvgIpc) is 2.73. The van der Waals surface area contributed by atoms with Crippen molar-refractivity contribution >= 4 is 12.2 Å². The van der Waals surface area contributed by atoms with Crippen LogP contribution in [0.4, 0.5) is 13.2 Å². The summed E-state index contributed by atoms with van der Waals surface area (Å²) in [6.07, 6.45) is 5.12. The van der Waals surface area contributed by atoms with Crippen molar-refractivity contribution in [2.75, 3.05) is 6.61 Å². The van der Waals surface area contributed by atoms with Gasteiger partial charge in [0.25, 0.3) is 0 Å². The fourth-order valence-corrected chi connectivity index (χ4v) is 2.89. The van der Waals surface area contributed by atoms with Crippen LogP contribution in [-0.2, 0) is 0 Å². The second-order valence-electron chi connectivity index (χ2n) is 6.90. The van der Waals surface area contributed by atoms with E-state index in [1.807, 2.05) is 30.3 Å². The van der Waals surface area contributed by atoms with Crippen LogP contribution in [0.5, 0.6) is 5.75 Å². The van der Waals surface area contributed by atoms with Gasteiger partial charge in [0.2, 0.25) is 0 Å². The first-order valence-corrected chi connectivity index (χ1v) is 9.65. The standard InChI is InChI=1S/C25H23F3O/c1-3-4-15-29-23-14-13-21(16-22(23)26)19-10-6-18(7-11-19)8-12-20-9-5-17(2)24(27)25(20)28/h5-14,16H,3-4,15H2,1-2H3/b12-8+. The van der Waals surface area contributed by atoms with Gasteiger partial charge in [-0.05, 0) is 47.7 Å². The molecule has 0 unspecified atom stereocenters. The Kier molecular flexibility index (Phi) is 6.76. The summed E-state index contributed by atoms with van der Waals surface area (Å²) in [4.78, 5) is 0. The molecule has 0 aliphatic carbocycles. The molecule has 0 aromatic heterocycles. The average molecular weight is 396 g/mol. The molecule has 29 heavy (non-hydrogen) atoms. The van der Waals surface area contributed by atoms with Crippen LogP contribution in [0.1, 0.15) is 36.5 Å². The molecule has 3 rings (SSSR count). The molecule has 0 bridgehead atoms. The smallest absolute Gasteiger partial charge is 0.166 e. The van der Waals surface area contributed by atoms with E-state index in [0.29, 0.717) is 6.61 Å². The van der Waals surface area contributed by atoms with Gasteiger partial charge in [0.15, 0.2) is 23.2 Å².